The van der Waals surface area contributed by atoms with Crippen molar-refractivity contribution in [2.24, 2.45) is 0 Å². The van der Waals surface area contributed by atoms with Gasteiger partial charge in [0.1, 0.15) is 5.76 Å². The number of nitrogens with one attached hydrogen (secondary N) is 1. The Labute approximate surface area is 135 Å². The molecule has 1 unspecified atom stereocenters. The minimum absolute atomic E-state index is 0.00401. The van der Waals surface area contributed by atoms with E-state index in [4.69, 9.17) is 4.42 Å². The van der Waals surface area contributed by atoms with Gasteiger partial charge in [0.25, 0.3) is 5.91 Å². The van der Waals surface area contributed by atoms with Gasteiger partial charge in [0.2, 0.25) is 5.91 Å². The third kappa shape index (κ3) is 3.13. The number of amides is 2. The van der Waals surface area contributed by atoms with Crippen LogP contribution in [0.25, 0.3) is 0 Å². The Kier molecular flexibility index (Phi) is 4.19. The molecular formula is C18H20N2O3. The molecule has 2 heterocycles. The lowest BCUT2D eigenvalue weighted by atomic mass is 9.95. The first-order chi connectivity index (χ1) is 11.1. The molecule has 5 nitrogen and oxygen atoms in total. The summed E-state index contributed by atoms with van der Waals surface area (Å²) in [6, 6.07) is 9.91. The second kappa shape index (κ2) is 6.28. The molecule has 1 aliphatic rings. The lowest BCUT2D eigenvalue weighted by Crippen LogP contribution is -2.47. The van der Waals surface area contributed by atoms with Gasteiger partial charge in [-0.3, -0.25) is 9.59 Å². The zero-order valence-corrected chi connectivity index (χ0v) is 13.3. The maximum atomic E-state index is 12.5. The predicted octanol–water partition coefficient (Wildman–Crippen LogP) is 2.29. The molecule has 1 aliphatic heterocycles. The molecule has 1 aromatic heterocycles. The topological polar surface area (TPSA) is 62.6 Å². The standard InChI is InChI=1S/C18H20N2O3/c1-12-9-14-5-3-4-6-15(14)11-20(12)17(21)10-19-18(22)16-7-8-23-13(16)2/h3-8,12H,9-11H2,1-2H3,(H,19,22). The van der Waals surface area contributed by atoms with E-state index in [2.05, 4.69) is 17.4 Å². The Bertz CT molecular complexity index is 735. The Morgan fingerprint density at radius 3 is 2.70 bits per heavy atom. The first-order valence-electron chi connectivity index (χ1n) is 7.75. The average Bonchev–Trinajstić information content (AvgIpc) is 2.97. The predicted molar refractivity (Wildman–Crippen MR) is 85.9 cm³/mol. The Morgan fingerprint density at radius 2 is 2.00 bits per heavy atom. The van der Waals surface area contributed by atoms with Crippen LogP contribution < -0.4 is 5.32 Å². The summed E-state index contributed by atoms with van der Waals surface area (Å²) in [7, 11) is 0. The quantitative estimate of drug-likeness (QED) is 0.946. The van der Waals surface area contributed by atoms with Crippen LogP contribution in [0, 0.1) is 6.92 Å². The summed E-state index contributed by atoms with van der Waals surface area (Å²) in [6.07, 6.45) is 2.31. The van der Waals surface area contributed by atoms with E-state index in [-0.39, 0.29) is 24.4 Å². The van der Waals surface area contributed by atoms with Crippen molar-refractivity contribution in [3.63, 3.8) is 0 Å². The lowest BCUT2D eigenvalue weighted by Gasteiger charge is -2.35. The van der Waals surface area contributed by atoms with E-state index < -0.39 is 0 Å². The second-order valence-electron chi connectivity index (χ2n) is 5.92. The number of hydrogen-bond acceptors (Lipinski definition) is 3. The van der Waals surface area contributed by atoms with Gasteiger partial charge >= 0.3 is 0 Å². The normalized spacial score (nSPS) is 16.8. The van der Waals surface area contributed by atoms with E-state index in [1.807, 2.05) is 24.0 Å². The van der Waals surface area contributed by atoms with E-state index in [1.54, 1.807) is 13.0 Å². The number of furan rings is 1. The number of carbonyl (C=O) groups excluding carboxylic acids is 2. The average molecular weight is 312 g/mol. The van der Waals surface area contributed by atoms with Gasteiger partial charge in [-0.2, -0.15) is 0 Å². The van der Waals surface area contributed by atoms with E-state index >= 15 is 0 Å². The first-order valence-corrected chi connectivity index (χ1v) is 7.75. The summed E-state index contributed by atoms with van der Waals surface area (Å²) in [5.74, 6) is 0.200. The molecule has 1 N–H and O–H groups in total. The summed E-state index contributed by atoms with van der Waals surface area (Å²) < 4.78 is 5.11. The van der Waals surface area contributed by atoms with Gasteiger partial charge in [0.15, 0.2) is 0 Å². The molecular weight excluding hydrogens is 292 g/mol. The third-order valence-corrected chi connectivity index (χ3v) is 4.33. The molecule has 2 aromatic rings. The number of fused-ring (bicyclic) bond motifs is 1. The molecule has 0 bridgehead atoms. The van der Waals surface area contributed by atoms with E-state index in [0.29, 0.717) is 17.9 Å². The number of carbonyl (C=O) groups is 2. The molecule has 0 radical (unpaired) electrons. The van der Waals surface area contributed by atoms with Crippen molar-refractivity contribution in [2.45, 2.75) is 32.9 Å². The molecule has 0 saturated heterocycles. The summed E-state index contributed by atoms with van der Waals surface area (Å²) in [6.45, 7) is 4.35. The molecule has 0 aliphatic carbocycles. The van der Waals surface area contributed by atoms with Gasteiger partial charge in [-0.25, -0.2) is 0 Å². The molecule has 5 heteroatoms. The van der Waals surface area contributed by atoms with Crippen molar-refractivity contribution in [1.29, 1.82) is 0 Å². The Morgan fingerprint density at radius 1 is 1.26 bits per heavy atom. The number of nitrogens with zero attached hydrogens (tertiary/aromatic N) is 1. The fraction of sp³-hybridized carbons (Fsp3) is 0.333. The highest BCUT2D eigenvalue weighted by atomic mass is 16.3. The number of hydrogen-bond donors (Lipinski definition) is 1. The summed E-state index contributed by atoms with van der Waals surface area (Å²) in [4.78, 5) is 26.3. The monoisotopic (exact) mass is 312 g/mol. The van der Waals surface area contributed by atoms with Crippen LogP contribution in [0.3, 0.4) is 0 Å². The first kappa shape index (κ1) is 15.3. The fourth-order valence-corrected chi connectivity index (χ4v) is 2.99. The highest BCUT2D eigenvalue weighted by molar-refractivity contribution is 5.97. The molecule has 23 heavy (non-hydrogen) atoms. The molecule has 3 rings (SSSR count). The molecule has 120 valence electrons. The Balaban J connectivity index is 1.63. The van der Waals surface area contributed by atoms with Crippen molar-refractivity contribution in [3.05, 3.63) is 59.0 Å². The van der Waals surface area contributed by atoms with Gasteiger partial charge in [-0.05, 0) is 37.5 Å². The molecule has 0 spiro atoms. The van der Waals surface area contributed by atoms with Gasteiger partial charge in [0.05, 0.1) is 18.4 Å². The molecule has 0 fully saturated rings. The zero-order chi connectivity index (χ0) is 16.4. The van der Waals surface area contributed by atoms with Crippen molar-refractivity contribution in [2.75, 3.05) is 6.54 Å². The van der Waals surface area contributed by atoms with E-state index in [9.17, 15) is 9.59 Å². The molecule has 0 saturated carbocycles. The van der Waals surface area contributed by atoms with Crippen LogP contribution in [0.5, 0.6) is 0 Å². The summed E-state index contributed by atoms with van der Waals surface area (Å²) in [5.41, 5.74) is 2.94. The van der Waals surface area contributed by atoms with Gasteiger partial charge < -0.3 is 14.6 Å². The van der Waals surface area contributed by atoms with Crippen LogP contribution in [-0.2, 0) is 17.8 Å². The van der Waals surface area contributed by atoms with Crippen molar-refractivity contribution in [3.8, 4) is 0 Å². The largest absolute Gasteiger partial charge is 0.469 e. The van der Waals surface area contributed by atoms with E-state index in [0.717, 1.165) is 6.42 Å². The summed E-state index contributed by atoms with van der Waals surface area (Å²) in [5, 5.41) is 2.68. The van der Waals surface area contributed by atoms with Gasteiger partial charge in [0, 0.05) is 12.6 Å². The smallest absolute Gasteiger partial charge is 0.255 e. The van der Waals surface area contributed by atoms with Crippen LogP contribution in [0.4, 0.5) is 0 Å². The minimum atomic E-state index is -0.283. The van der Waals surface area contributed by atoms with Crippen LogP contribution in [0.1, 0.15) is 34.2 Å². The van der Waals surface area contributed by atoms with Crippen LogP contribution in [-0.4, -0.2) is 29.3 Å². The highest BCUT2D eigenvalue weighted by Gasteiger charge is 2.26. The second-order valence-corrected chi connectivity index (χ2v) is 5.92. The number of aryl methyl sites for hydroxylation is 1. The molecule has 1 aromatic carbocycles. The van der Waals surface area contributed by atoms with Crippen molar-refractivity contribution >= 4 is 11.8 Å². The Hall–Kier alpha value is -2.56. The SMILES string of the molecule is Cc1occc1C(=O)NCC(=O)N1Cc2ccccc2CC1C. The van der Waals surface area contributed by atoms with Crippen LogP contribution in [0.2, 0.25) is 0 Å². The number of benzene rings is 1. The molecule has 1 atom stereocenters. The zero-order valence-electron chi connectivity index (χ0n) is 13.3. The molecule has 2 amide bonds. The van der Waals surface area contributed by atoms with Crippen LogP contribution >= 0.6 is 0 Å². The highest BCUT2D eigenvalue weighted by Crippen LogP contribution is 2.22. The maximum absolute atomic E-state index is 12.5. The van der Waals surface area contributed by atoms with Crippen molar-refractivity contribution < 1.29 is 14.0 Å². The summed E-state index contributed by atoms with van der Waals surface area (Å²) >= 11 is 0. The lowest BCUT2D eigenvalue weighted by molar-refractivity contribution is -0.133. The van der Waals surface area contributed by atoms with E-state index in [1.165, 1.54) is 17.4 Å². The fourth-order valence-electron chi connectivity index (χ4n) is 2.99. The van der Waals surface area contributed by atoms with Crippen molar-refractivity contribution in [1.82, 2.24) is 10.2 Å². The number of rotatable bonds is 3. The van der Waals surface area contributed by atoms with Crippen LogP contribution in [0.15, 0.2) is 41.0 Å². The van der Waals surface area contributed by atoms with Gasteiger partial charge in [-0.15, -0.1) is 0 Å². The third-order valence-electron chi connectivity index (χ3n) is 4.33. The minimum Gasteiger partial charge on any atom is -0.469 e. The van der Waals surface area contributed by atoms with Gasteiger partial charge in [-0.1, -0.05) is 24.3 Å². The maximum Gasteiger partial charge on any atom is 0.255 e.